The number of rotatable bonds is 5. The molecule has 104 valence electrons. The van der Waals surface area contributed by atoms with E-state index in [1.54, 1.807) is 13.0 Å². The number of hydrogen-bond donors (Lipinski definition) is 3. The predicted octanol–water partition coefficient (Wildman–Crippen LogP) is -0.0888. The maximum absolute atomic E-state index is 12.0. The number of aliphatic hydroxyl groups excluding tert-OH is 1. The second-order valence-corrected chi connectivity index (χ2v) is 4.23. The van der Waals surface area contributed by atoms with Crippen LogP contribution in [0.25, 0.3) is 0 Å². The molecule has 1 aromatic rings. The summed E-state index contributed by atoms with van der Waals surface area (Å²) in [6.07, 6.45) is -0.690. The molecule has 0 aliphatic heterocycles. The molecule has 1 rings (SSSR count). The Kier molecular flexibility index (Phi) is 4.94. The van der Waals surface area contributed by atoms with Crippen molar-refractivity contribution in [1.29, 1.82) is 0 Å². The summed E-state index contributed by atoms with van der Waals surface area (Å²) in [5.74, 6) is -1.87. The van der Waals surface area contributed by atoms with Crippen molar-refractivity contribution in [2.75, 3.05) is 0 Å². The van der Waals surface area contributed by atoms with Crippen LogP contribution in [0.1, 0.15) is 35.6 Å². The molecule has 0 aliphatic rings. The average molecular weight is 267 g/mol. The van der Waals surface area contributed by atoms with Gasteiger partial charge in [0.05, 0.1) is 23.1 Å². The van der Waals surface area contributed by atoms with Crippen LogP contribution in [-0.4, -0.2) is 44.4 Å². The van der Waals surface area contributed by atoms with Crippen molar-refractivity contribution in [2.24, 2.45) is 0 Å². The smallest absolute Gasteiger partial charge is 0.328 e. The Morgan fingerprint density at radius 1 is 1.42 bits per heavy atom. The zero-order chi connectivity index (χ0) is 14.6. The number of nitrogens with one attached hydrogen (secondary N) is 1. The number of carbonyl (C=O) groups excluding carboxylic acids is 1. The van der Waals surface area contributed by atoms with E-state index in [1.165, 1.54) is 6.92 Å². The van der Waals surface area contributed by atoms with Crippen LogP contribution in [0.5, 0.6) is 0 Å². The number of carboxylic acids is 1. The van der Waals surface area contributed by atoms with Gasteiger partial charge in [-0.15, -0.1) is 0 Å². The normalized spacial score (nSPS) is 13.7. The van der Waals surface area contributed by atoms with Gasteiger partial charge in [0.1, 0.15) is 0 Å². The summed E-state index contributed by atoms with van der Waals surface area (Å²) in [7, 11) is 0. The van der Waals surface area contributed by atoms with Crippen molar-refractivity contribution in [3.63, 3.8) is 0 Å². The molecule has 1 amide bonds. The highest BCUT2D eigenvalue weighted by molar-refractivity contribution is 5.97. The monoisotopic (exact) mass is 267 g/mol. The molecule has 3 N–H and O–H groups in total. The van der Waals surface area contributed by atoms with Crippen molar-refractivity contribution in [2.45, 2.75) is 39.3 Å². The number of carboxylic acid groups (broad SMARTS) is 1. The first-order valence-corrected chi connectivity index (χ1v) is 5.91. The van der Waals surface area contributed by atoms with E-state index in [0.29, 0.717) is 17.8 Å². The second kappa shape index (κ2) is 6.24. The van der Waals surface area contributed by atoms with Gasteiger partial charge in [-0.1, -0.05) is 6.92 Å². The first-order chi connectivity index (χ1) is 8.86. The molecule has 0 aromatic carbocycles. The fourth-order valence-corrected chi connectivity index (χ4v) is 1.58. The quantitative estimate of drug-likeness (QED) is 0.687. The van der Waals surface area contributed by atoms with Crippen molar-refractivity contribution >= 4 is 11.9 Å². The van der Waals surface area contributed by atoms with Crippen LogP contribution in [-0.2, 0) is 11.2 Å². The van der Waals surface area contributed by atoms with Crippen LogP contribution in [0, 0.1) is 6.92 Å². The van der Waals surface area contributed by atoms with Gasteiger partial charge in [-0.05, 0) is 26.3 Å². The highest BCUT2D eigenvalue weighted by Crippen LogP contribution is 2.08. The Labute approximate surface area is 110 Å². The van der Waals surface area contributed by atoms with Gasteiger partial charge in [0, 0.05) is 0 Å². The van der Waals surface area contributed by atoms with E-state index >= 15 is 0 Å². The van der Waals surface area contributed by atoms with Crippen molar-refractivity contribution < 1.29 is 19.8 Å². The van der Waals surface area contributed by atoms with Gasteiger partial charge in [0.15, 0.2) is 6.04 Å². The van der Waals surface area contributed by atoms with Crippen molar-refractivity contribution in [3.8, 4) is 0 Å². The SMILES string of the molecule is CCc1nnc(C)cc1C(=O)NC(C(=O)O)C(C)O. The lowest BCUT2D eigenvalue weighted by Crippen LogP contribution is -2.47. The van der Waals surface area contributed by atoms with E-state index < -0.39 is 24.0 Å². The summed E-state index contributed by atoms with van der Waals surface area (Å²) >= 11 is 0. The molecule has 2 atom stereocenters. The molecule has 0 saturated heterocycles. The van der Waals surface area contributed by atoms with E-state index in [0.717, 1.165) is 0 Å². The fraction of sp³-hybridized carbons (Fsp3) is 0.500. The van der Waals surface area contributed by atoms with Gasteiger partial charge in [-0.25, -0.2) is 4.79 Å². The first-order valence-electron chi connectivity index (χ1n) is 5.91. The minimum atomic E-state index is -1.36. The standard InChI is InChI=1S/C12H17N3O4/c1-4-9-8(5-6(2)14-15-9)11(17)13-10(7(3)16)12(18)19/h5,7,10,16H,4H2,1-3H3,(H,13,17)(H,18,19). The molecule has 7 heteroatoms. The molecule has 0 bridgehead atoms. The molecule has 1 heterocycles. The number of carbonyl (C=O) groups is 2. The third kappa shape index (κ3) is 3.72. The second-order valence-electron chi connectivity index (χ2n) is 4.23. The lowest BCUT2D eigenvalue weighted by atomic mass is 10.1. The van der Waals surface area contributed by atoms with Gasteiger partial charge in [-0.2, -0.15) is 10.2 Å². The van der Waals surface area contributed by atoms with E-state index in [4.69, 9.17) is 5.11 Å². The molecule has 0 aliphatic carbocycles. The Balaban J connectivity index is 3.00. The number of aryl methyl sites for hydroxylation is 2. The molecule has 7 nitrogen and oxygen atoms in total. The highest BCUT2D eigenvalue weighted by Gasteiger charge is 2.26. The van der Waals surface area contributed by atoms with Crippen LogP contribution in [0.3, 0.4) is 0 Å². The zero-order valence-corrected chi connectivity index (χ0v) is 11.0. The molecule has 2 unspecified atom stereocenters. The lowest BCUT2D eigenvalue weighted by Gasteiger charge is -2.17. The minimum absolute atomic E-state index is 0.280. The third-order valence-electron chi connectivity index (χ3n) is 2.61. The van der Waals surface area contributed by atoms with Crippen LogP contribution < -0.4 is 5.32 Å². The lowest BCUT2D eigenvalue weighted by molar-refractivity contribution is -0.141. The van der Waals surface area contributed by atoms with Gasteiger partial charge >= 0.3 is 5.97 Å². The van der Waals surface area contributed by atoms with E-state index in [9.17, 15) is 14.7 Å². The Hall–Kier alpha value is -2.02. The van der Waals surface area contributed by atoms with Crippen molar-refractivity contribution in [1.82, 2.24) is 15.5 Å². The number of nitrogens with zero attached hydrogens (tertiary/aromatic N) is 2. The van der Waals surface area contributed by atoms with Gasteiger partial charge in [0.25, 0.3) is 5.91 Å². The number of hydrogen-bond acceptors (Lipinski definition) is 5. The predicted molar refractivity (Wildman–Crippen MR) is 66.7 cm³/mol. The summed E-state index contributed by atoms with van der Waals surface area (Å²) in [5.41, 5.74) is 1.33. The van der Waals surface area contributed by atoms with Crippen molar-refractivity contribution in [3.05, 3.63) is 23.0 Å². The number of aromatic nitrogens is 2. The molecule has 0 fully saturated rings. The molecular formula is C12H17N3O4. The highest BCUT2D eigenvalue weighted by atomic mass is 16.4. The van der Waals surface area contributed by atoms with E-state index in [2.05, 4.69) is 15.5 Å². The molecule has 19 heavy (non-hydrogen) atoms. The number of aliphatic hydroxyl groups is 1. The van der Waals surface area contributed by atoms with Gasteiger partial charge < -0.3 is 15.5 Å². The number of amides is 1. The van der Waals surface area contributed by atoms with Crippen LogP contribution in [0.4, 0.5) is 0 Å². The third-order valence-corrected chi connectivity index (χ3v) is 2.61. The van der Waals surface area contributed by atoms with E-state index in [1.807, 2.05) is 6.92 Å². The summed E-state index contributed by atoms with van der Waals surface area (Å²) in [4.78, 5) is 23.0. The summed E-state index contributed by atoms with van der Waals surface area (Å²) in [5, 5.41) is 28.3. The fourth-order valence-electron chi connectivity index (χ4n) is 1.58. The van der Waals surface area contributed by atoms with E-state index in [-0.39, 0.29) is 5.56 Å². The Morgan fingerprint density at radius 3 is 2.53 bits per heavy atom. The van der Waals surface area contributed by atoms with Gasteiger partial charge in [0.2, 0.25) is 0 Å². The summed E-state index contributed by atoms with van der Waals surface area (Å²) in [6, 6.07) is 0.188. The van der Waals surface area contributed by atoms with Crippen LogP contribution in [0.2, 0.25) is 0 Å². The van der Waals surface area contributed by atoms with Crippen LogP contribution in [0.15, 0.2) is 6.07 Å². The molecular weight excluding hydrogens is 250 g/mol. The number of aliphatic carboxylic acids is 1. The molecule has 0 saturated carbocycles. The summed E-state index contributed by atoms with van der Waals surface area (Å²) in [6.45, 7) is 4.81. The first kappa shape index (κ1) is 15.0. The van der Waals surface area contributed by atoms with Crippen LogP contribution >= 0.6 is 0 Å². The average Bonchev–Trinajstić information content (AvgIpc) is 2.34. The maximum atomic E-state index is 12.0. The molecule has 1 aromatic heterocycles. The molecule has 0 radical (unpaired) electrons. The summed E-state index contributed by atoms with van der Waals surface area (Å²) < 4.78 is 0. The van der Waals surface area contributed by atoms with Gasteiger partial charge in [-0.3, -0.25) is 4.79 Å². The zero-order valence-electron chi connectivity index (χ0n) is 11.0. The molecule has 0 spiro atoms. The Bertz CT molecular complexity index is 488. The Morgan fingerprint density at radius 2 is 2.05 bits per heavy atom. The topological polar surface area (TPSA) is 112 Å². The minimum Gasteiger partial charge on any atom is -0.480 e. The largest absolute Gasteiger partial charge is 0.480 e. The maximum Gasteiger partial charge on any atom is 0.328 e.